The van der Waals surface area contributed by atoms with Crippen LogP contribution in [-0.2, 0) is 11.2 Å². The summed E-state index contributed by atoms with van der Waals surface area (Å²) in [6, 6.07) is 5.23. The van der Waals surface area contributed by atoms with Crippen molar-refractivity contribution in [1.82, 2.24) is 0 Å². The molecule has 0 spiro atoms. The van der Waals surface area contributed by atoms with Crippen LogP contribution in [0.2, 0.25) is 5.02 Å². The summed E-state index contributed by atoms with van der Waals surface area (Å²) >= 11 is 5.92. The summed E-state index contributed by atoms with van der Waals surface area (Å²) in [6.07, 6.45) is 0.532. The van der Waals surface area contributed by atoms with Crippen molar-refractivity contribution in [3.63, 3.8) is 0 Å². The Morgan fingerprint density at radius 2 is 2.29 bits per heavy atom. The predicted molar refractivity (Wildman–Crippen MR) is 54.0 cm³/mol. The molecule has 4 heteroatoms. The maximum Gasteiger partial charge on any atom is 0.303 e. The molecular weight excluding hydrogens is 204 g/mol. The van der Waals surface area contributed by atoms with E-state index in [1.165, 1.54) is 0 Å². The van der Waals surface area contributed by atoms with E-state index in [2.05, 4.69) is 0 Å². The van der Waals surface area contributed by atoms with Gasteiger partial charge in [0.1, 0.15) is 5.75 Å². The summed E-state index contributed by atoms with van der Waals surface area (Å²) in [5.41, 5.74) is 0.829. The van der Waals surface area contributed by atoms with Gasteiger partial charge < -0.3 is 9.84 Å². The Morgan fingerprint density at radius 3 is 2.79 bits per heavy atom. The zero-order chi connectivity index (χ0) is 10.6. The minimum Gasteiger partial charge on any atom is -0.497 e. The van der Waals surface area contributed by atoms with Gasteiger partial charge in [0.25, 0.3) is 0 Å². The SMILES string of the molecule is COc1ccc(CCC(=O)O)c(Cl)c1. The Kier molecular flexibility index (Phi) is 3.77. The topological polar surface area (TPSA) is 46.5 Å². The van der Waals surface area contributed by atoms with Crippen molar-refractivity contribution in [2.75, 3.05) is 7.11 Å². The first-order chi connectivity index (χ1) is 6.63. The first-order valence-corrected chi connectivity index (χ1v) is 4.55. The number of rotatable bonds is 4. The molecule has 1 aromatic rings. The van der Waals surface area contributed by atoms with Crippen LogP contribution in [-0.4, -0.2) is 18.2 Å². The third kappa shape index (κ3) is 2.92. The average molecular weight is 215 g/mol. The molecule has 76 valence electrons. The minimum absolute atomic E-state index is 0.0893. The number of hydrogen-bond donors (Lipinski definition) is 1. The Morgan fingerprint density at radius 1 is 1.57 bits per heavy atom. The van der Waals surface area contributed by atoms with Gasteiger partial charge in [0, 0.05) is 11.4 Å². The molecule has 1 rings (SSSR count). The van der Waals surface area contributed by atoms with Gasteiger partial charge in [-0.25, -0.2) is 0 Å². The number of aryl methyl sites for hydroxylation is 1. The van der Waals surface area contributed by atoms with Gasteiger partial charge in [0.15, 0.2) is 0 Å². The molecule has 1 N–H and O–H groups in total. The average Bonchev–Trinajstić information content (AvgIpc) is 2.15. The molecule has 0 unspecified atom stereocenters. The lowest BCUT2D eigenvalue weighted by Gasteiger charge is -2.04. The molecule has 0 atom stereocenters. The van der Waals surface area contributed by atoms with Gasteiger partial charge in [-0.15, -0.1) is 0 Å². The number of carboxylic acids is 1. The predicted octanol–water partition coefficient (Wildman–Crippen LogP) is 2.37. The lowest BCUT2D eigenvalue weighted by atomic mass is 10.1. The van der Waals surface area contributed by atoms with Crippen LogP contribution in [0.5, 0.6) is 5.75 Å². The number of carbonyl (C=O) groups is 1. The molecule has 0 aliphatic heterocycles. The summed E-state index contributed by atoms with van der Waals surface area (Å²) < 4.78 is 4.97. The molecule has 3 nitrogen and oxygen atoms in total. The molecule has 0 aliphatic rings. The zero-order valence-corrected chi connectivity index (χ0v) is 8.54. The molecule has 0 fully saturated rings. The van der Waals surface area contributed by atoms with E-state index in [4.69, 9.17) is 21.4 Å². The van der Waals surface area contributed by atoms with Crippen LogP contribution in [0.3, 0.4) is 0 Å². The van der Waals surface area contributed by atoms with Gasteiger partial charge in [-0.2, -0.15) is 0 Å². The van der Waals surface area contributed by atoms with Crippen molar-refractivity contribution in [3.05, 3.63) is 28.8 Å². The van der Waals surface area contributed by atoms with E-state index in [1.807, 2.05) is 0 Å². The van der Waals surface area contributed by atoms with Crippen molar-refractivity contribution in [1.29, 1.82) is 0 Å². The summed E-state index contributed by atoms with van der Waals surface area (Å²) in [4.78, 5) is 10.3. The van der Waals surface area contributed by atoms with E-state index in [0.29, 0.717) is 17.2 Å². The van der Waals surface area contributed by atoms with Gasteiger partial charge in [-0.05, 0) is 24.1 Å². The fourth-order valence-electron chi connectivity index (χ4n) is 1.10. The second kappa shape index (κ2) is 4.86. The van der Waals surface area contributed by atoms with Crippen LogP contribution in [0, 0.1) is 0 Å². The smallest absolute Gasteiger partial charge is 0.303 e. The lowest BCUT2D eigenvalue weighted by Crippen LogP contribution is -1.98. The monoisotopic (exact) mass is 214 g/mol. The summed E-state index contributed by atoms with van der Waals surface area (Å²) in [7, 11) is 1.56. The largest absolute Gasteiger partial charge is 0.497 e. The van der Waals surface area contributed by atoms with E-state index >= 15 is 0 Å². The number of hydrogen-bond acceptors (Lipinski definition) is 2. The summed E-state index contributed by atoms with van der Waals surface area (Å²) in [6.45, 7) is 0. The van der Waals surface area contributed by atoms with Gasteiger partial charge >= 0.3 is 5.97 Å². The lowest BCUT2D eigenvalue weighted by molar-refractivity contribution is -0.136. The van der Waals surface area contributed by atoms with Crippen LogP contribution in [0.15, 0.2) is 18.2 Å². The number of methoxy groups -OCH3 is 1. The van der Waals surface area contributed by atoms with E-state index in [1.54, 1.807) is 25.3 Å². The standard InChI is InChI=1S/C10H11ClO3/c1-14-8-4-2-7(9(11)6-8)3-5-10(12)13/h2,4,6H,3,5H2,1H3,(H,12,13). The fraction of sp³-hybridized carbons (Fsp3) is 0.300. The molecule has 0 heterocycles. The number of carboxylic acid groups (broad SMARTS) is 1. The van der Waals surface area contributed by atoms with Gasteiger partial charge in [0.05, 0.1) is 7.11 Å². The molecule has 0 amide bonds. The van der Waals surface area contributed by atoms with Gasteiger partial charge in [-0.3, -0.25) is 4.79 Å². The number of ether oxygens (including phenoxy) is 1. The maximum absolute atomic E-state index is 10.3. The first-order valence-electron chi connectivity index (χ1n) is 4.17. The quantitative estimate of drug-likeness (QED) is 0.837. The van der Waals surface area contributed by atoms with Crippen LogP contribution in [0.1, 0.15) is 12.0 Å². The molecule has 14 heavy (non-hydrogen) atoms. The van der Waals surface area contributed by atoms with Crippen molar-refractivity contribution in [2.45, 2.75) is 12.8 Å². The van der Waals surface area contributed by atoms with Crippen molar-refractivity contribution >= 4 is 17.6 Å². The van der Waals surface area contributed by atoms with E-state index in [-0.39, 0.29) is 6.42 Å². The first kappa shape index (κ1) is 10.9. The van der Waals surface area contributed by atoms with Crippen LogP contribution in [0.4, 0.5) is 0 Å². The highest BCUT2D eigenvalue weighted by Crippen LogP contribution is 2.23. The Balaban J connectivity index is 2.73. The summed E-state index contributed by atoms with van der Waals surface area (Å²) in [5.74, 6) is -0.147. The van der Waals surface area contributed by atoms with E-state index in [0.717, 1.165) is 5.56 Å². The van der Waals surface area contributed by atoms with Crippen molar-refractivity contribution in [2.24, 2.45) is 0 Å². The van der Waals surface area contributed by atoms with Crippen LogP contribution in [0.25, 0.3) is 0 Å². The normalized spacial score (nSPS) is 9.86. The van der Waals surface area contributed by atoms with E-state index < -0.39 is 5.97 Å². The highest BCUT2D eigenvalue weighted by atomic mass is 35.5. The molecule has 0 saturated heterocycles. The van der Waals surface area contributed by atoms with E-state index in [9.17, 15) is 4.79 Å². The molecule has 0 aliphatic carbocycles. The maximum atomic E-state index is 10.3. The molecule has 1 aromatic carbocycles. The Hall–Kier alpha value is -1.22. The van der Waals surface area contributed by atoms with Crippen molar-refractivity contribution < 1.29 is 14.6 Å². The molecule has 0 radical (unpaired) electrons. The number of aliphatic carboxylic acids is 1. The fourth-order valence-corrected chi connectivity index (χ4v) is 1.36. The minimum atomic E-state index is -0.822. The number of benzene rings is 1. The second-order valence-corrected chi connectivity index (χ2v) is 3.26. The van der Waals surface area contributed by atoms with Crippen LogP contribution >= 0.6 is 11.6 Å². The summed E-state index contributed by atoms with van der Waals surface area (Å²) in [5, 5.41) is 9.05. The van der Waals surface area contributed by atoms with Crippen molar-refractivity contribution in [3.8, 4) is 5.75 Å². The van der Waals surface area contributed by atoms with Gasteiger partial charge in [-0.1, -0.05) is 17.7 Å². The third-order valence-corrected chi connectivity index (χ3v) is 2.22. The second-order valence-electron chi connectivity index (χ2n) is 2.85. The molecular formula is C10H11ClO3. The van der Waals surface area contributed by atoms with Gasteiger partial charge in [0.2, 0.25) is 0 Å². The zero-order valence-electron chi connectivity index (χ0n) is 7.79. The highest BCUT2D eigenvalue weighted by molar-refractivity contribution is 6.31. The number of halogens is 1. The Bertz CT molecular complexity index is 336. The highest BCUT2D eigenvalue weighted by Gasteiger charge is 2.04. The molecule has 0 saturated carbocycles. The third-order valence-electron chi connectivity index (χ3n) is 1.87. The Labute approximate surface area is 87.3 Å². The molecule has 0 aromatic heterocycles. The van der Waals surface area contributed by atoms with Crippen LogP contribution < -0.4 is 4.74 Å². The molecule has 0 bridgehead atoms.